The van der Waals surface area contributed by atoms with Crippen molar-refractivity contribution in [2.45, 2.75) is 39.3 Å². The number of halogens is 1. The van der Waals surface area contributed by atoms with Crippen LogP contribution in [0.15, 0.2) is 23.6 Å². The fourth-order valence-corrected chi connectivity index (χ4v) is 3.03. The molecule has 0 fully saturated rings. The number of nitrogens with one attached hydrogen (secondary N) is 1. The monoisotopic (exact) mass is 324 g/mol. The summed E-state index contributed by atoms with van der Waals surface area (Å²) in [5.74, 6) is 0.698. The van der Waals surface area contributed by atoms with Gasteiger partial charge in [0.15, 0.2) is 0 Å². The van der Waals surface area contributed by atoms with Gasteiger partial charge in [-0.15, -0.1) is 11.3 Å². The molecule has 0 unspecified atom stereocenters. The van der Waals surface area contributed by atoms with E-state index in [0.29, 0.717) is 17.4 Å². The lowest BCUT2D eigenvalue weighted by molar-refractivity contribution is 0.305. The van der Waals surface area contributed by atoms with Gasteiger partial charge in [-0.2, -0.15) is 0 Å². The lowest BCUT2D eigenvalue weighted by atomic mass is 9.93. The van der Waals surface area contributed by atoms with Crippen molar-refractivity contribution in [1.82, 2.24) is 10.3 Å². The maximum Gasteiger partial charge on any atom is 0.140 e. The van der Waals surface area contributed by atoms with Crippen LogP contribution in [-0.4, -0.2) is 12.0 Å². The van der Waals surface area contributed by atoms with Crippen LogP contribution in [0.3, 0.4) is 0 Å². The van der Waals surface area contributed by atoms with Gasteiger partial charge < -0.3 is 10.1 Å². The highest BCUT2D eigenvalue weighted by Crippen LogP contribution is 2.28. The summed E-state index contributed by atoms with van der Waals surface area (Å²) in [4.78, 5) is 4.61. The van der Waals surface area contributed by atoms with Crippen molar-refractivity contribution in [3.8, 4) is 5.75 Å². The van der Waals surface area contributed by atoms with Crippen molar-refractivity contribution < 1.29 is 4.74 Å². The highest BCUT2D eigenvalue weighted by Gasteiger charge is 2.17. The zero-order valence-corrected chi connectivity index (χ0v) is 14.4. The lowest BCUT2D eigenvalue weighted by Crippen LogP contribution is -2.11. The molecule has 0 radical (unpaired) electrons. The van der Waals surface area contributed by atoms with E-state index in [-0.39, 0.29) is 5.41 Å². The SMILES string of the molecule is CNCc1ccc(OCc2nc(C(C)(C)C)cs2)c(Cl)c1. The predicted octanol–water partition coefficient (Wildman–Crippen LogP) is 4.39. The van der Waals surface area contributed by atoms with Gasteiger partial charge in [0.2, 0.25) is 0 Å². The molecule has 1 N–H and O–H groups in total. The number of benzene rings is 1. The van der Waals surface area contributed by atoms with Gasteiger partial charge in [-0.05, 0) is 24.7 Å². The first-order valence-corrected chi connectivity index (χ1v) is 8.16. The standard InChI is InChI=1S/C16H21ClN2OS/c1-16(2,3)14-10-21-15(19-14)9-20-13-6-5-11(8-18-4)7-12(13)17/h5-7,10,18H,8-9H2,1-4H3. The number of aromatic nitrogens is 1. The summed E-state index contributed by atoms with van der Waals surface area (Å²) in [7, 11) is 1.91. The van der Waals surface area contributed by atoms with E-state index in [4.69, 9.17) is 16.3 Å². The average Bonchev–Trinajstić information content (AvgIpc) is 2.87. The van der Waals surface area contributed by atoms with Gasteiger partial charge in [0.1, 0.15) is 17.4 Å². The van der Waals surface area contributed by atoms with Gasteiger partial charge in [0.05, 0.1) is 10.7 Å². The number of rotatable bonds is 5. The van der Waals surface area contributed by atoms with Gasteiger partial charge in [-0.1, -0.05) is 38.4 Å². The maximum atomic E-state index is 6.24. The molecule has 114 valence electrons. The van der Waals surface area contributed by atoms with Crippen LogP contribution in [0.1, 0.15) is 37.0 Å². The lowest BCUT2D eigenvalue weighted by Gasteiger charge is -2.14. The van der Waals surface area contributed by atoms with E-state index in [2.05, 4.69) is 36.5 Å². The van der Waals surface area contributed by atoms with Crippen molar-refractivity contribution in [1.29, 1.82) is 0 Å². The summed E-state index contributed by atoms with van der Waals surface area (Å²) in [6, 6.07) is 5.85. The zero-order valence-electron chi connectivity index (χ0n) is 12.9. The smallest absolute Gasteiger partial charge is 0.140 e. The van der Waals surface area contributed by atoms with Crippen LogP contribution in [0.25, 0.3) is 0 Å². The average molecular weight is 325 g/mol. The van der Waals surface area contributed by atoms with Crippen LogP contribution >= 0.6 is 22.9 Å². The minimum absolute atomic E-state index is 0.0706. The Bertz CT molecular complexity index is 605. The van der Waals surface area contributed by atoms with Crippen molar-refractivity contribution in [3.63, 3.8) is 0 Å². The fourth-order valence-electron chi connectivity index (χ4n) is 1.84. The van der Waals surface area contributed by atoms with Crippen molar-refractivity contribution >= 4 is 22.9 Å². The largest absolute Gasteiger partial charge is 0.485 e. The van der Waals surface area contributed by atoms with Crippen molar-refractivity contribution in [3.05, 3.63) is 44.9 Å². The van der Waals surface area contributed by atoms with Gasteiger partial charge in [0, 0.05) is 17.3 Å². The summed E-state index contributed by atoms with van der Waals surface area (Å²) in [6.07, 6.45) is 0. The van der Waals surface area contributed by atoms with Crippen LogP contribution in [0.4, 0.5) is 0 Å². The summed E-state index contributed by atoms with van der Waals surface area (Å²) in [5, 5.41) is 6.79. The third kappa shape index (κ3) is 4.43. The molecular formula is C16H21ClN2OS. The van der Waals surface area contributed by atoms with E-state index in [1.54, 1.807) is 11.3 Å². The normalized spacial score (nSPS) is 11.7. The Morgan fingerprint density at radius 1 is 1.33 bits per heavy atom. The molecule has 0 saturated carbocycles. The van der Waals surface area contributed by atoms with Crippen LogP contribution in [0.2, 0.25) is 5.02 Å². The Hall–Kier alpha value is -1.10. The number of nitrogens with zero attached hydrogens (tertiary/aromatic N) is 1. The molecule has 3 nitrogen and oxygen atoms in total. The second-order valence-electron chi connectivity index (χ2n) is 5.96. The van der Waals surface area contributed by atoms with E-state index in [1.807, 2.05) is 25.2 Å². The third-order valence-corrected chi connectivity index (χ3v) is 4.17. The van der Waals surface area contributed by atoms with E-state index in [0.717, 1.165) is 22.8 Å². The number of ether oxygens (including phenoxy) is 1. The van der Waals surface area contributed by atoms with Crippen LogP contribution < -0.4 is 10.1 Å². The highest BCUT2D eigenvalue weighted by atomic mass is 35.5. The first kappa shape index (κ1) is 16.3. The summed E-state index contributed by atoms with van der Waals surface area (Å²) >= 11 is 7.86. The molecule has 21 heavy (non-hydrogen) atoms. The van der Waals surface area contributed by atoms with Gasteiger partial charge in [-0.25, -0.2) is 4.98 Å². The molecule has 2 rings (SSSR count). The van der Waals surface area contributed by atoms with Gasteiger partial charge in [-0.3, -0.25) is 0 Å². The molecule has 1 aromatic carbocycles. The molecule has 5 heteroatoms. The van der Waals surface area contributed by atoms with Crippen LogP contribution in [0, 0.1) is 0 Å². The van der Waals surface area contributed by atoms with Crippen LogP contribution in [0.5, 0.6) is 5.75 Å². The molecule has 0 saturated heterocycles. The maximum absolute atomic E-state index is 6.24. The molecule has 0 atom stereocenters. The van der Waals surface area contributed by atoms with Crippen molar-refractivity contribution in [2.24, 2.45) is 0 Å². The molecule has 2 aromatic rings. The molecule has 0 aliphatic carbocycles. The minimum Gasteiger partial charge on any atom is -0.485 e. The summed E-state index contributed by atoms with van der Waals surface area (Å²) in [5.41, 5.74) is 2.31. The summed E-state index contributed by atoms with van der Waals surface area (Å²) < 4.78 is 5.78. The number of hydrogen-bond acceptors (Lipinski definition) is 4. The molecule has 0 spiro atoms. The van der Waals surface area contributed by atoms with Gasteiger partial charge in [0.25, 0.3) is 0 Å². The second-order valence-corrected chi connectivity index (χ2v) is 7.31. The van der Waals surface area contributed by atoms with E-state index >= 15 is 0 Å². The van der Waals surface area contributed by atoms with E-state index < -0.39 is 0 Å². The third-order valence-electron chi connectivity index (χ3n) is 3.05. The van der Waals surface area contributed by atoms with E-state index in [9.17, 15) is 0 Å². The quantitative estimate of drug-likeness (QED) is 0.885. The number of hydrogen-bond donors (Lipinski definition) is 1. The molecule has 1 aromatic heterocycles. The van der Waals surface area contributed by atoms with E-state index in [1.165, 1.54) is 0 Å². The Kier molecular flexibility index (Phi) is 5.25. The predicted molar refractivity (Wildman–Crippen MR) is 89.4 cm³/mol. The first-order chi connectivity index (χ1) is 9.90. The van der Waals surface area contributed by atoms with Crippen LogP contribution in [-0.2, 0) is 18.6 Å². The Morgan fingerprint density at radius 2 is 2.10 bits per heavy atom. The zero-order chi connectivity index (χ0) is 15.5. The fraction of sp³-hybridized carbons (Fsp3) is 0.438. The molecule has 0 aliphatic heterocycles. The molecule has 0 amide bonds. The molecule has 1 heterocycles. The topological polar surface area (TPSA) is 34.1 Å². The summed E-state index contributed by atoms with van der Waals surface area (Å²) in [6.45, 7) is 7.71. The Morgan fingerprint density at radius 3 is 2.67 bits per heavy atom. The van der Waals surface area contributed by atoms with Crippen molar-refractivity contribution in [2.75, 3.05) is 7.05 Å². The second kappa shape index (κ2) is 6.77. The molecule has 0 aliphatic rings. The highest BCUT2D eigenvalue weighted by molar-refractivity contribution is 7.09. The Labute approximate surface area is 135 Å². The molecule has 0 bridgehead atoms. The number of thiazole rings is 1. The van der Waals surface area contributed by atoms with Gasteiger partial charge >= 0.3 is 0 Å². The first-order valence-electron chi connectivity index (χ1n) is 6.91. The Balaban J connectivity index is 2.01. The minimum atomic E-state index is 0.0706. The molecular weight excluding hydrogens is 304 g/mol.